The Hall–Kier alpha value is -0.506. The van der Waals surface area contributed by atoms with Crippen molar-refractivity contribution in [2.45, 2.75) is 72.3 Å². The van der Waals surface area contributed by atoms with E-state index in [2.05, 4.69) is 55.7 Å². The second-order valence-corrected chi connectivity index (χ2v) is 14.9. The van der Waals surface area contributed by atoms with E-state index in [0.717, 1.165) is 19.1 Å². The number of hydrogen-bond acceptors (Lipinski definition) is 4. The minimum absolute atomic E-state index is 0.642. The maximum atomic E-state index is 6.11. The quantitative estimate of drug-likeness (QED) is 0.354. The number of nitrogens with zero attached hydrogens (tertiary/aromatic N) is 1. The molecule has 1 aromatic rings. The smallest absolute Gasteiger partial charge is 0.374 e. The molecule has 0 N–H and O–H groups in total. The van der Waals surface area contributed by atoms with Gasteiger partial charge in [0.2, 0.25) is 0 Å². The topological polar surface area (TPSA) is 30.9 Å². The molecule has 0 spiro atoms. The molecule has 0 aliphatic rings. The van der Waals surface area contributed by atoms with Crippen LogP contribution >= 0.6 is 0 Å². The van der Waals surface area contributed by atoms with E-state index in [-0.39, 0.29) is 0 Å². The maximum Gasteiger partial charge on any atom is 0.502 e. The van der Waals surface area contributed by atoms with Gasteiger partial charge in [0.15, 0.2) is 0 Å². The first-order valence-corrected chi connectivity index (χ1v) is 15.3. The van der Waals surface area contributed by atoms with Gasteiger partial charge in [-0.15, -0.1) is 0 Å². The van der Waals surface area contributed by atoms with Gasteiger partial charge in [-0.3, -0.25) is 0 Å². The van der Waals surface area contributed by atoms with E-state index in [1.807, 2.05) is 20.8 Å². The van der Waals surface area contributed by atoms with E-state index < -0.39 is 17.0 Å². The van der Waals surface area contributed by atoms with Crippen LogP contribution in [0, 0.1) is 0 Å². The molecule has 1 rings (SSSR count). The lowest BCUT2D eigenvalue weighted by Gasteiger charge is -2.42. The first-order valence-electron chi connectivity index (χ1n) is 10.8. The Morgan fingerprint density at radius 3 is 1.63 bits per heavy atom. The van der Waals surface area contributed by atoms with Crippen molar-refractivity contribution < 1.29 is 13.3 Å². The predicted octanol–water partition coefficient (Wildman–Crippen LogP) is 5.54. The number of hydrogen-bond donors (Lipinski definition) is 0. The number of benzene rings is 1. The summed E-state index contributed by atoms with van der Waals surface area (Å²) in [5.41, 5.74) is 1.39. The van der Waals surface area contributed by atoms with Gasteiger partial charge in [0.1, 0.15) is 8.24 Å². The van der Waals surface area contributed by atoms with Crippen molar-refractivity contribution >= 4 is 17.0 Å². The van der Waals surface area contributed by atoms with Gasteiger partial charge < -0.3 is 17.8 Å². The zero-order valence-corrected chi connectivity index (χ0v) is 20.4. The fourth-order valence-corrected chi connectivity index (χ4v) is 10.7. The molecule has 0 atom stereocenters. The first-order chi connectivity index (χ1) is 13.0. The van der Waals surface area contributed by atoms with Gasteiger partial charge in [-0.05, 0) is 51.0 Å². The van der Waals surface area contributed by atoms with Crippen LogP contribution in [-0.2, 0) is 19.8 Å². The van der Waals surface area contributed by atoms with Gasteiger partial charge in [0.25, 0.3) is 0 Å². The van der Waals surface area contributed by atoms with Crippen molar-refractivity contribution in [3.8, 4) is 0 Å². The highest BCUT2D eigenvalue weighted by molar-refractivity contribution is 6.77. The molecule has 0 radical (unpaired) electrons. The normalized spacial score (nSPS) is 12.7. The van der Waals surface area contributed by atoms with Crippen LogP contribution in [0.15, 0.2) is 30.3 Å². The SMILES string of the molecule is CCO[Si](CCN(Cc1ccccc1)[Si](CC)(CC)CC)(OCC)OCC. The molecule has 4 nitrogen and oxygen atoms in total. The zero-order chi connectivity index (χ0) is 20.2. The molecule has 156 valence electrons. The third kappa shape index (κ3) is 7.11. The fourth-order valence-electron chi connectivity index (χ4n) is 3.98. The summed E-state index contributed by atoms with van der Waals surface area (Å²) in [6.45, 7) is 17.1. The summed E-state index contributed by atoms with van der Waals surface area (Å²) in [6.07, 6.45) is 0. The van der Waals surface area contributed by atoms with E-state index in [9.17, 15) is 0 Å². The van der Waals surface area contributed by atoms with Crippen LogP contribution in [0.4, 0.5) is 0 Å². The molecule has 0 amide bonds. The molecule has 1 aromatic carbocycles. The molecule has 0 aliphatic heterocycles. The molecule has 0 saturated heterocycles. The van der Waals surface area contributed by atoms with E-state index in [4.69, 9.17) is 13.3 Å². The minimum Gasteiger partial charge on any atom is -0.374 e. The summed E-state index contributed by atoms with van der Waals surface area (Å²) in [5, 5.41) is 0. The third-order valence-electron chi connectivity index (χ3n) is 5.64. The van der Waals surface area contributed by atoms with Crippen molar-refractivity contribution in [2.75, 3.05) is 26.4 Å². The first kappa shape index (κ1) is 24.5. The monoisotopic (exact) mass is 411 g/mol. The molecule has 0 aromatic heterocycles. The minimum atomic E-state index is -2.61. The van der Waals surface area contributed by atoms with Gasteiger partial charge in [-0.1, -0.05) is 51.1 Å². The van der Waals surface area contributed by atoms with Gasteiger partial charge >= 0.3 is 8.80 Å². The van der Waals surface area contributed by atoms with E-state index in [0.29, 0.717) is 19.8 Å². The van der Waals surface area contributed by atoms with Crippen LogP contribution in [0.5, 0.6) is 0 Å². The van der Waals surface area contributed by atoms with Crippen molar-refractivity contribution in [3.05, 3.63) is 35.9 Å². The molecule has 0 heterocycles. The van der Waals surface area contributed by atoms with Crippen LogP contribution in [0.2, 0.25) is 24.2 Å². The standard InChI is InChI=1S/C21H41NO3Si2/c1-7-23-27(24-8-2,25-9-3)19-18-22(26(10-4,11-5)12-6)20-21-16-14-13-15-17-21/h13-17H,7-12,18-20H2,1-6H3. The summed E-state index contributed by atoms with van der Waals surface area (Å²) >= 11 is 0. The van der Waals surface area contributed by atoms with Crippen molar-refractivity contribution in [1.29, 1.82) is 0 Å². The highest BCUT2D eigenvalue weighted by Gasteiger charge is 2.43. The fraction of sp³-hybridized carbons (Fsp3) is 0.714. The molecule has 0 aliphatic carbocycles. The van der Waals surface area contributed by atoms with E-state index in [1.165, 1.54) is 23.7 Å². The third-order valence-corrected chi connectivity index (χ3v) is 14.3. The van der Waals surface area contributed by atoms with Crippen LogP contribution in [-0.4, -0.2) is 48.0 Å². The molecular formula is C21H41NO3Si2. The van der Waals surface area contributed by atoms with Gasteiger partial charge in [0.05, 0.1) is 0 Å². The summed E-state index contributed by atoms with van der Waals surface area (Å²) in [6, 6.07) is 15.6. The molecule has 0 saturated carbocycles. The van der Waals surface area contributed by atoms with Crippen molar-refractivity contribution in [1.82, 2.24) is 4.57 Å². The van der Waals surface area contributed by atoms with Gasteiger partial charge in [-0.25, -0.2) is 0 Å². The Bertz CT molecular complexity index is 472. The average molecular weight is 412 g/mol. The summed E-state index contributed by atoms with van der Waals surface area (Å²) in [4.78, 5) is 0. The maximum absolute atomic E-state index is 6.11. The molecule has 0 unspecified atom stereocenters. The zero-order valence-electron chi connectivity index (χ0n) is 18.4. The lowest BCUT2D eigenvalue weighted by molar-refractivity contribution is 0.0697. The Labute approximate surface area is 169 Å². The highest BCUT2D eigenvalue weighted by Crippen LogP contribution is 2.29. The molecular weight excluding hydrogens is 370 g/mol. The van der Waals surface area contributed by atoms with Crippen molar-refractivity contribution in [3.63, 3.8) is 0 Å². The highest BCUT2D eigenvalue weighted by atomic mass is 28.4. The lowest BCUT2D eigenvalue weighted by atomic mass is 10.2. The Balaban J connectivity index is 3.06. The van der Waals surface area contributed by atoms with Crippen molar-refractivity contribution in [2.24, 2.45) is 0 Å². The van der Waals surface area contributed by atoms with E-state index in [1.54, 1.807) is 0 Å². The van der Waals surface area contributed by atoms with Crippen LogP contribution in [0.1, 0.15) is 47.1 Å². The average Bonchev–Trinajstić information content (AvgIpc) is 2.69. The lowest BCUT2D eigenvalue weighted by Crippen LogP contribution is -2.55. The summed E-state index contributed by atoms with van der Waals surface area (Å²) in [7, 11) is -4.12. The molecule has 6 heteroatoms. The van der Waals surface area contributed by atoms with Gasteiger partial charge in [0, 0.05) is 32.4 Å². The summed E-state index contributed by atoms with van der Waals surface area (Å²) < 4.78 is 21.1. The molecule has 27 heavy (non-hydrogen) atoms. The molecule has 0 fully saturated rings. The predicted molar refractivity (Wildman–Crippen MR) is 119 cm³/mol. The Morgan fingerprint density at radius 1 is 0.741 bits per heavy atom. The van der Waals surface area contributed by atoms with Crippen LogP contribution < -0.4 is 0 Å². The Morgan fingerprint density at radius 2 is 1.22 bits per heavy atom. The molecule has 0 bridgehead atoms. The van der Waals surface area contributed by atoms with Gasteiger partial charge in [-0.2, -0.15) is 0 Å². The number of rotatable bonds is 15. The second-order valence-electron chi connectivity index (χ2n) is 6.92. The van der Waals surface area contributed by atoms with E-state index >= 15 is 0 Å². The van der Waals surface area contributed by atoms with Crippen LogP contribution in [0.25, 0.3) is 0 Å². The second kappa shape index (κ2) is 12.9. The van der Waals surface area contributed by atoms with Crippen LogP contribution in [0.3, 0.4) is 0 Å². The summed E-state index contributed by atoms with van der Waals surface area (Å²) in [5.74, 6) is 0. The largest absolute Gasteiger partial charge is 0.502 e. The Kier molecular flexibility index (Phi) is 11.7.